The Kier molecular flexibility index (Phi) is 2.86. The Bertz CT molecular complexity index is 381. The molecule has 2 aromatic rings. The molecule has 0 aliphatic carbocycles. The van der Waals surface area contributed by atoms with E-state index in [0.717, 1.165) is 9.00 Å². The third-order valence-electron chi connectivity index (χ3n) is 1.79. The normalized spacial score (nSPS) is 11.0. The van der Waals surface area contributed by atoms with Crippen LogP contribution in [0.25, 0.3) is 0 Å². The SMILES string of the molecule is [O]=[Co]([c]1ccccc1)[c]1ccccc1. The summed E-state index contributed by atoms with van der Waals surface area (Å²) in [6.45, 7) is 0. The van der Waals surface area contributed by atoms with Crippen LogP contribution >= 0.6 is 0 Å². The van der Waals surface area contributed by atoms with Crippen molar-refractivity contribution in [2.75, 3.05) is 0 Å². The average molecular weight is 229 g/mol. The topological polar surface area (TPSA) is 17.1 Å². The van der Waals surface area contributed by atoms with Gasteiger partial charge in [0.2, 0.25) is 0 Å². The first-order valence-electron chi connectivity index (χ1n) is 4.29. The number of hydrogen-bond donors (Lipinski definition) is 0. The summed E-state index contributed by atoms with van der Waals surface area (Å²) in [6.07, 6.45) is 0. The molecule has 2 aromatic carbocycles. The quantitative estimate of drug-likeness (QED) is 0.764. The van der Waals surface area contributed by atoms with Crippen molar-refractivity contribution in [2.24, 2.45) is 0 Å². The van der Waals surface area contributed by atoms with Gasteiger partial charge in [-0.05, 0) is 0 Å². The molecule has 0 spiro atoms. The summed E-state index contributed by atoms with van der Waals surface area (Å²) in [6, 6.07) is 19.1. The molecule has 0 amide bonds. The van der Waals surface area contributed by atoms with Gasteiger partial charge < -0.3 is 0 Å². The van der Waals surface area contributed by atoms with E-state index in [4.69, 9.17) is 0 Å². The summed E-state index contributed by atoms with van der Waals surface area (Å²) in [7, 11) is 0. The van der Waals surface area contributed by atoms with E-state index in [9.17, 15) is 3.87 Å². The maximum absolute atomic E-state index is 12.0. The van der Waals surface area contributed by atoms with Crippen LogP contribution in [0.5, 0.6) is 0 Å². The standard InChI is InChI=1S/2C6H5.Co.O/c2*1-2-4-6-5-3-1;;/h2*1-5H;;. The molecule has 0 N–H and O–H groups in total. The summed E-state index contributed by atoms with van der Waals surface area (Å²) < 4.78 is 13.8. The van der Waals surface area contributed by atoms with Crippen LogP contribution < -0.4 is 9.00 Å². The molecule has 1 nitrogen and oxygen atoms in total. The first-order valence-corrected chi connectivity index (χ1v) is 5.76. The number of hydrogen-bond acceptors (Lipinski definition) is 1. The second kappa shape index (κ2) is 4.31. The number of rotatable bonds is 2. The van der Waals surface area contributed by atoms with Crippen LogP contribution in [0.3, 0.4) is 0 Å². The Labute approximate surface area is 87.4 Å². The Balaban J connectivity index is 2.35. The predicted octanol–water partition coefficient (Wildman–Crippen LogP) is 1.60. The van der Waals surface area contributed by atoms with Gasteiger partial charge in [-0.1, -0.05) is 0 Å². The maximum atomic E-state index is 12.0. The molecule has 0 heterocycles. The van der Waals surface area contributed by atoms with Gasteiger partial charge >= 0.3 is 87.1 Å². The van der Waals surface area contributed by atoms with Crippen LogP contribution in [0, 0.1) is 0 Å². The fraction of sp³-hybridized carbons (Fsp3) is 0. The van der Waals surface area contributed by atoms with Crippen LogP contribution in [0.15, 0.2) is 60.7 Å². The summed E-state index contributed by atoms with van der Waals surface area (Å²) in [5, 5.41) is 0. The molecule has 0 fully saturated rings. The third kappa shape index (κ3) is 1.97. The van der Waals surface area contributed by atoms with Gasteiger partial charge in [-0.15, -0.1) is 0 Å². The van der Waals surface area contributed by atoms with E-state index >= 15 is 0 Å². The van der Waals surface area contributed by atoms with E-state index in [-0.39, 0.29) is 0 Å². The van der Waals surface area contributed by atoms with Gasteiger partial charge in [-0.25, -0.2) is 0 Å². The van der Waals surface area contributed by atoms with Gasteiger partial charge in [0.1, 0.15) is 0 Å². The van der Waals surface area contributed by atoms with Crippen LogP contribution in [0.1, 0.15) is 0 Å². The van der Waals surface area contributed by atoms with Gasteiger partial charge in [-0.2, -0.15) is 0 Å². The minimum atomic E-state index is -1.40. The molecule has 0 bridgehead atoms. The monoisotopic (exact) mass is 229 g/mol. The second-order valence-electron chi connectivity index (χ2n) is 2.76. The second-order valence-corrected chi connectivity index (χ2v) is 4.65. The van der Waals surface area contributed by atoms with Crippen LogP contribution in [-0.2, 0) is 17.5 Å². The summed E-state index contributed by atoms with van der Waals surface area (Å²) >= 11 is -1.40. The zero-order valence-electron chi connectivity index (χ0n) is 7.52. The molecule has 0 aliphatic heterocycles. The van der Waals surface area contributed by atoms with Crippen molar-refractivity contribution < 1.29 is 17.5 Å². The molecule has 73 valence electrons. The van der Waals surface area contributed by atoms with Crippen molar-refractivity contribution in [3.8, 4) is 0 Å². The zero-order valence-corrected chi connectivity index (χ0v) is 8.56. The minimum absolute atomic E-state index is 0.881. The molecule has 0 unspecified atom stereocenters. The molecule has 0 saturated carbocycles. The molecule has 14 heavy (non-hydrogen) atoms. The predicted molar refractivity (Wildman–Crippen MR) is 52.8 cm³/mol. The van der Waals surface area contributed by atoms with Gasteiger partial charge in [0.25, 0.3) is 0 Å². The molecule has 0 aliphatic rings. The van der Waals surface area contributed by atoms with Gasteiger partial charge in [0, 0.05) is 0 Å². The van der Waals surface area contributed by atoms with Gasteiger partial charge in [-0.3, -0.25) is 0 Å². The Morgan fingerprint density at radius 1 is 0.643 bits per heavy atom. The Hall–Kier alpha value is -1.25. The average Bonchev–Trinajstić information content (AvgIpc) is 2.30. The van der Waals surface area contributed by atoms with Crippen LogP contribution in [-0.4, -0.2) is 0 Å². The van der Waals surface area contributed by atoms with Crippen LogP contribution in [0.4, 0.5) is 0 Å². The number of benzene rings is 2. The van der Waals surface area contributed by atoms with Gasteiger partial charge in [0.05, 0.1) is 0 Å². The molecule has 0 saturated heterocycles. The summed E-state index contributed by atoms with van der Waals surface area (Å²) in [5.41, 5.74) is 0. The van der Waals surface area contributed by atoms with E-state index in [1.165, 1.54) is 0 Å². The molecule has 0 atom stereocenters. The van der Waals surface area contributed by atoms with E-state index in [2.05, 4.69) is 0 Å². The fourth-order valence-electron chi connectivity index (χ4n) is 1.13. The molecule has 2 rings (SSSR count). The van der Waals surface area contributed by atoms with Crippen molar-refractivity contribution in [1.82, 2.24) is 0 Å². The first kappa shape index (κ1) is 9.31. The Morgan fingerprint density at radius 2 is 1.00 bits per heavy atom. The van der Waals surface area contributed by atoms with E-state index in [0.29, 0.717) is 0 Å². The fourth-order valence-corrected chi connectivity index (χ4v) is 2.50. The van der Waals surface area contributed by atoms with Crippen LogP contribution in [0.2, 0.25) is 0 Å². The van der Waals surface area contributed by atoms with Crippen molar-refractivity contribution in [3.05, 3.63) is 60.7 Å². The zero-order chi connectivity index (χ0) is 9.80. The van der Waals surface area contributed by atoms with E-state index < -0.39 is 13.6 Å². The van der Waals surface area contributed by atoms with E-state index in [1.54, 1.807) is 0 Å². The van der Waals surface area contributed by atoms with Crippen molar-refractivity contribution in [3.63, 3.8) is 0 Å². The van der Waals surface area contributed by atoms with E-state index in [1.807, 2.05) is 60.7 Å². The Morgan fingerprint density at radius 3 is 1.36 bits per heavy atom. The first-order chi connectivity index (χ1) is 6.88. The van der Waals surface area contributed by atoms with Gasteiger partial charge in [0.15, 0.2) is 0 Å². The molecule has 2 heteroatoms. The molecule has 0 aromatic heterocycles. The van der Waals surface area contributed by atoms with Crippen molar-refractivity contribution >= 4 is 9.00 Å². The summed E-state index contributed by atoms with van der Waals surface area (Å²) in [4.78, 5) is 0. The summed E-state index contributed by atoms with van der Waals surface area (Å²) in [5.74, 6) is 0. The molecule has 0 radical (unpaired) electrons. The molecular weight excluding hydrogens is 219 g/mol. The van der Waals surface area contributed by atoms with Crippen molar-refractivity contribution in [1.29, 1.82) is 0 Å². The molecular formula is C12H10CoO. The third-order valence-corrected chi connectivity index (χ3v) is 3.57. The van der Waals surface area contributed by atoms with Crippen molar-refractivity contribution in [2.45, 2.75) is 0 Å².